The van der Waals surface area contributed by atoms with Crippen molar-refractivity contribution >= 4 is 23.4 Å². The molecule has 0 saturated carbocycles. The Balaban J connectivity index is 1.62. The van der Waals surface area contributed by atoms with Crippen molar-refractivity contribution in [2.75, 3.05) is 18.2 Å². The molecule has 0 fully saturated rings. The van der Waals surface area contributed by atoms with Crippen LogP contribution in [0.4, 0.5) is 5.69 Å². The van der Waals surface area contributed by atoms with Crippen LogP contribution in [0.5, 0.6) is 17.2 Å². The summed E-state index contributed by atoms with van der Waals surface area (Å²) in [6.45, 7) is 4.53. The number of aromatic hydroxyl groups is 1. The minimum absolute atomic E-state index is 0.0272. The number of nitrogens with one attached hydrogen (secondary N) is 1. The highest BCUT2D eigenvalue weighted by Gasteiger charge is 2.19. The number of ether oxygens (including phenoxy) is 2. The van der Waals surface area contributed by atoms with Gasteiger partial charge in [-0.25, -0.2) is 0 Å². The van der Waals surface area contributed by atoms with Gasteiger partial charge >= 0.3 is 0 Å². The summed E-state index contributed by atoms with van der Waals surface area (Å²) < 4.78 is 13.1. The summed E-state index contributed by atoms with van der Waals surface area (Å²) in [7, 11) is 1.62. The molecule has 0 aliphatic heterocycles. The third-order valence-corrected chi connectivity index (χ3v) is 5.27. The van der Waals surface area contributed by atoms with Crippen LogP contribution in [0.15, 0.2) is 53.7 Å². The number of phenols is 1. The van der Waals surface area contributed by atoms with Crippen molar-refractivity contribution in [3.8, 4) is 17.2 Å². The van der Waals surface area contributed by atoms with E-state index in [1.165, 1.54) is 17.8 Å². The van der Waals surface area contributed by atoms with E-state index in [4.69, 9.17) is 9.47 Å². The van der Waals surface area contributed by atoms with E-state index in [1.54, 1.807) is 25.3 Å². The van der Waals surface area contributed by atoms with Crippen LogP contribution in [0.1, 0.15) is 25.8 Å². The molecule has 1 aromatic heterocycles. The lowest BCUT2D eigenvalue weighted by Gasteiger charge is -2.15. The molecular formula is C21H24N4O4S. The van der Waals surface area contributed by atoms with Crippen molar-refractivity contribution in [3.63, 3.8) is 0 Å². The Morgan fingerprint density at radius 2 is 1.87 bits per heavy atom. The first-order valence-electron chi connectivity index (χ1n) is 9.46. The van der Waals surface area contributed by atoms with Gasteiger partial charge in [0.2, 0.25) is 5.91 Å². The molecule has 9 heteroatoms. The Bertz CT molecular complexity index is 991. The molecule has 1 atom stereocenters. The van der Waals surface area contributed by atoms with Crippen LogP contribution in [0.3, 0.4) is 0 Å². The standard InChI is InChI=1S/C21H24N4O4S/c1-4-25-20(14(2)29-16-11-9-15(28-3)10-12-16)23-24-21(25)30-13-19(27)22-17-7-5-6-8-18(17)26/h5-12,14,26H,4,13H2,1-3H3,(H,22,27). The van der Waals surface area contributed by atoms with E-state index in [0.717, 1.165) is 5.75 Å². The summed E-state index contributed by atoms with van der Waals surface area (Å²) in [5.74, 6) is 2.06. The summed E-state index contributed by atoms with van der Waals surface area (Å²) in [6, 6.07) is 13.9. The summed E-state index contributed by atoms with van der Waals surface area (Å²) in [6.07, 6.45) is -0.324. The molecule has 1 unspecified atom stereocenters. The number of phenolic OH excluding ortho intramolecular Hbond substituents is 1. The fourth-order valence-electron chi connectivity index (χ4n) is 2.81. The van der Waals surface area contributed by atoms with Gasteiger partial charge < -0.3 is 24.5 Å². The Hall–Kier alpha value is -3.20. The van der Waals surface area contributed by atoms with Gasteiger partial charge in [0.15, 0.2) is 17.1 Å². The number of rotatable bonds is 9. The fraction of sp³-hybridized carbons (Fsp3) is 0.286. The largest absolute Gasteiger partial charge is 0.506 e. The Kier molecular flexibility index (Phi) is 7.18. The number of benzene rings is 2. The molecule has 1 heterocycles. The highest BCUT2D eigenvalue weighted by molar-refractivity contribution is 7.99. The van der Waals surface area contributed by atoms with Gasteiger partial charge in [0, 0.05) is 6.54 Å². The third-order valence-electron chi connectivity index (χ3n) is 4.31. The molecule has 158 valence electrons. The zero-order valence-electron chi connectivity index (χ0n) is 17.0. The molecule has 0 aliphatic rings. The first-order valence-corrected chi connectivity index (χ1v) is 10.4. The molecule has 3 rings (SSSR count). The average molecular weight is 429 g/mol. The maximum atomic E-state index is 12.2. The second kappa shape index (κ2) is 10.0. The number of hydrogen-bond donors (Lipinski definition) is 2. The summed E-state index contributed by atoms with van der Waals surface area (Å²) in [4.78, 5) is 12.2. The molecule has 0 saturated heterocycles. The van der Waals surface area contributed by atoms with Crippen LogP contribution >= 0.6 is 11.8 Å². The van der Waals surface area contributed by atoms with E-state index < -0.39 is 0 Å². The highest BCUT2D eigenvalue weighted by atomic mass is 32.2. The molecule has 2 aromatic carbocycles. The quantitative estimate of drug-likeness (QED) is 0.394. The lowest BCUT2D eigenvalue weighted by Crippen LogP contribution is -2.15. The monoisotopic (exact) mass is 428 g/mol. The SMILES string of the molecule is CCn1c(SCC(=O)Nc2ccccc2O)nnc1C(C)Oc1ccc(OC)cc1. The van der Waals surface area contributed by atoms with Gasteiger partial charge in [-0.05, 0) is 50.2 Å². The van der Waals surface area contributed by atoms with Gasteiger partial charge in [-0.3, -0.25) is 4.79 Å². The fourth-order valence-corrected chi connectivity index (χ4v) is 3.62. The number of para-hydroxylation sites is 2. The molecule has 0 aliphatic carbocycles. The van der Waals surface area contributed by atoms with Crippen molar-refractivity contribution < 1.29 is 19.4 Å². The predicted molar refractivity (Wildman–Crippen MR) is 115 cm³/mol. The van der Waals surface area contributed by atoms with Crippen LogP contribution in [0, 0.1) is 0 Å². The normalized spacial score (nSPS) is 11.7. The first kappa shape index (κ1) is 21.5. The highest BCUT2D eigenvalue weighted by Crippen LogP contribution is 2.26. The van der Waals surface area contributed by atoms with E-state index in [2.05, 4.69) is 15.5 Å². The van der Waals surface area contributed by atoms with Crippen LogP contribution in [-0.4, -0.2) is 38.6 Å². The molecule has 0 radical (unpaired) electrons. The molecule has 8 nitrogen and oxygen atoms in total. The number of nitrogens with zero attached hydrogens (tertiary/aromatic N) is 3. The minimum Gasteiger partial charge on any atom is -0.506 e. The molecule has 2 N–H and O–H groups in total. The van der Waals surface area contributed by atoms with Crippen molar-refractivity contribution in [1.82, 2.24) is 14.8 Å². The van der Waals surface area contributed by atoms with E-state index in [-0.39, 0.29) is 23.5 Å². The summed E-state index contributed by atoms with van der Waals surface area (Å²) >= 11 is 1.28. The number of carbonyl (C=O) groups is 1. The number of aromatic nitrogens is 3. The van der Waals surface area contributed by atoms with E-state index in [9.17, 15) is 9.90 Å². The van der Waals surface area contributed by atoms with Gasteiger partial charge in [0.25, 0.3) is 0 Å². The van der Waals surface area contributed by atoms with Gasteiger partial charge in [-0.15, -0.1) is 10.2 Å². The Labute approximate surface area is 179 Å². The number of methoxy groups -OCH3 is 1. The van der Waals surface area contributed by atoms with Gasteiger partial charge in [0.05, 0.1) is 18.6 Å². The number of amides is 1. The summed E-state index contributed by atoms with van der Waals surface area (Å²) in [5, 5.41) is 21.6. The van der Waals surface area contributed by atoms with Crippen LogP contribution in [0.2, 0.25) is 0 Å². The van der Waals surface area contributed by atoms with Crippen molar-refractivity contribution in [1.29, 1.82) is 0 Å². The van der Waals surface area contributed by atoms with Crippen molar-refractivity contribution in [3.05, 3.63) is 54.4 Å². The zero-order chi connectivity index (χ0) is 21.5. The topological polar surface area (TPSA) is 98.5 Å². The lowest BCUT2D eigenvalue weighted by molar-refractivity contribution is -0.113. The number of thioether (sulfide) groups is 1. The van der Waals surface area contributed by atoms with Crippen LogP contribution < -0.4 is 14.8 Å². The number of anilines is 1. The Morgan fingerprint density at radius 3 is 2.53 bits per heavy atom. The lowest BCUT2D eigenvalue weighted by atomic mass is 10.3. The summed E-state index contributed by atoms with van der Waals surface area (Å²) in [5.41, 5.74) is 0.377. The van der Waals surface area contributed by atoms with Gasteiger partial charge in [-0.2, -0.15) is 0 Å². The molecule has 0 bridgehead atoms. The predicted octanol–water partition coefficient (Wildman–Crippen LogP) is 3.88. The maximum Gasteiger partial charge on any atom is 0.234 e. The van der Waals surface area contributed by atoms with Crippen LogP contribution in [0.25, 0.3) is 0 Å². The maximum absolute atomic E-state index is 12.2. The number of carbonyl (C=O) groups excluding carboxylic acids is 1. The number of hydrogen-bond acceptors (Lipinski definition) is 7. The first-order chi connectivity index (χ1) is 14.5. The molecule has 30 heavy (non-hydrogen) atoms. The molecular weight excluding hydrogens is 404 g/mol. The van der Waals surface area contributed by atoms with Crippen LogP contribution in [-0.2, 0) is 11.3 Å². The average Bonchev–Trinajstić information content (AvgIpc) is 3.17. The molecule has 1 amide bonds. The van der Waals surface area contributed by atoms with Crippen molar-refractivity contribution in [2.45, 2.75) is 31.7 Å². The second-order valence-electron chi connectivity index (χ2n) is 6.37. The second-order valence-corrected chi connectivity index (χ2v) is 7.32. The van der Waals surface area contributed by atoms with E-state index >= 15 is 0 Å². The third kappa shape index (κ3) is 5.24. The molecule has 3 aromatic rings. The smallest absolute Gasteiger partial charge is 0.234 e. The minimum atomic E-state index is -0.324. The van der Waals surface area contributed by atoms with Gasteiger partial charge in [-0.1, -0.05) is 23.9 Å². The van der Waals surface area contributed by atoms with Gasteiger partial charge in [0.1, 0.15) is 17.2 Å². The van der Waals surface area contributed by atoms with Crippen molar-refractivity contribution in [2.24, 2.45) is 0 Å². The Morgan fingerprint density at radius 1 is 1.17 bits per heavy atom. The molecule has 0 spiro atoms. The van der Waals surface area contributed by atoms with E-state index in [1.807, 2.05) is 42.7 Å². The zero-order valence-corrected chi connectivity index (χ0v) is 17.8. The van der Waals surface area contributed by atoms with E-state index in [0.29, 0.717) is 29.0 Å².